The van der Waals surface area contributed by atoms with E-state index < -0.39 is 11.6 Å². The third kappa shape index (κ3) is 2.03. The van der Waals surface area contributed by atoms with Crippen LogP contribution in [0.3, 0.4) is 0 Å². The lowest BCUT2D eigenvalue weighted by Gasteiger charge is -2.18. The summed E-state index contributed by atoms with van der Waals surface area (Å²) in [6.45, 7) is 3.12. The number of benzene rings is 1. The van der Waals surface area contributed by atoms with Crippen molar-refractivity contribution in [3.63, 3.8) is 0 Å². The molecule has 1 aromatic carbocycles. The van der Waals surface area contributed by atoms with Crippen LogP contribution < -0.4 is 0 Å². The molecule has 4 heteroatoms. The van der Waals surface area contributed by atoms with Gasteiger partial charge in [0, 0.05) is 0 Å². The molecule has 0 saturated carbocycles. The maximum atomic E-state index is 10.6. The smallest absolute Gasteiger partial charge is 0.339 e. The highest BCUT2D eigenvalue weighted by Crippen LogP contribution is 2.26. The molecule has 0 spiro atoms. The lowest BCUT2D eigenvalue weighted by Crippen LogP contribution is -2.15. The normalized spacial score (nSPS) is 11.4. The number of aromatic carboxylic acids is 1. The van der Waals surface area contributed by atoms with Crippen molar-refractivity contribution >= 4 is 5.97 Å². The summed E-state index contributed by atoms with van der Waals surface area (Å²) in [6.07, 6.45) is 0. The zero-order chi connectivity index (χ0) is 10.9. The fourth-order valence-electron chi connectivity index (χ4n) is 1.09. The Morgan fingerprint density at radius 1 is 1.36 bits per heavy atom. The number of hydrogen-bond acceptors (Lipinski definition) is 3. The second-order valence-electron chi connectivity index (χ2n) is 3.60. The second kappa shape index (κ2) is 3.31. The molecule has 14 heavy (non-hydrogen) atoms. The van der Waals surface area contributed by atoms with Gasteiger partial charge in [0.2, 0.25) is 0 Å². The minimum Gasteiger partial charge on any atom is -0.507 e. The highest BCUT2D eigenvalue weighted by atomic mass is 16.4. The molecule has 0 fully saturated rings. The van der Waals surface area contributed by atoms with Gasteiger partial charge in [-0.1, -0.05) is 6.07 Å². The molecule has 3 N–H and O–H groups in total. The average Bonchev–Trinajstić information content (AvgIpc) is 2.01. The monoisotopic (exact) mass is 196 g/mol. The van der Waals surface area contributed by atoms with Crippen LogP contribution in [0.1, 0.15) is 29.8 Å². The van der Waals surface area contributed by atoms with E-state index in [0.717, 1.165) is 0 Å². The first-order valence-corrected chi connectivity index (χ1v) is 4.11. The van der Waals surface area contributed by atoms with Gasteiger partial charge in [0.1, 0.15) is 11.3 Å². The van der Waals surface area contributed by atoms with Crippen molar-refractivity contribution in [2.45, 2.75) is 19.4 Å². The molecule has 1 aromatic rings. The van der Waals surface area contributed by atoms with Gasteiger partial charge in [-0.15, -0.1) is 0 Å². The van der Waals surface area contributed by atoms with Gasteiger partial charge in [-0.2, -0.15) is 0 Å². The lowest BCUT2D eigenvalue weighted by molar-refractivity contribution is 0.0688. The summed E-state index contributed by atoms with van der Waals surface area (Å²) in [5.74, 6) is -1.53. The first-order valence-electron chi connectivity index (χ1n) is 4.11. The maximum Gasteiger partial charge on any atom is 0.339 e. The predicted molar refractivity (Wildman–Crippen MR) is 50.3 cm³/mol. The Hall–Kier alpha value is -1.55. The molecule has 0 aliphatic carbocycles. The van der Waals surface area contributed by atoms with E-state index in [4.69, 9.17) is 5.11 Å². The third-order valence-electron chi connectivity index (χ3n) is 1.93. The minimum absolute atomic E-state index is 0.169. The number of hydrogen-bond donors (Lipinski definition) is 3. The van der Waals surface area contributed by atoms with Gasteiger partial charge in [-0.25, -0.2) is 4.79 Å². The summed E-state index contributed by atoms with van der Waals surface area (Å²) in [4.78, 5) is 10.6. The van der Waals surface area contributed by atoms with Crippen LogP contribution in [0.5, 0.6) is 5.75 Å². The van der Waals surface area contributed by atoms with Gasteiger partial charge >= 0.3 is 5.97 Å². The van der Waals surface area contributed by atoms with E-state index in [2.05, 4.69) is 0 Å². The van der Waals surface area contributed by atoms with Crippen LogP contribution in [0, 0.1) is 0 Å². The van der Waals surface area contributed by atoms with Crippen LogP contribution in [0.15, 0.2) is 18.2 Å². The van der Waals surface area contributed by atoms with Gasteiger partial charge < -0.3 is 15.3 Å². The Balaban J connectivity index is 3.20. The molecule has 0 radical (unpaired) electrons. The van der Waals surface area contributed by atoms with Crippen molar-refractivity contribution < 1.29 is 20.1 Å². The number of carboxylic acids is 1. The van der Waals surface area contributed by atoms with Crippen LogP contribution in [0.2, 0.25) is 0 Å². The molecular weight excluding hydrogens is 184 g/mol. The van der Waals surface area contributed by atoms with Gasteiger partial charge in [0.05, 0.1) is 5.60 Å². The number of phenols is 1. The van der Waals surface area contributed by atoms with Crippen molar-refractivity contribution in [3.8, 4) is 5.75 Å². The average molecular weight is 196 g/mol. The molecular formula is C10H12O4. The molecule has 0 unspecified atom stereocenters. The molecule has 4 nitrogen and oxygen atoms in total. The number of aromatic hydroxyl groups is 1. The summed E-state index contributed by atoms with van der Waals surface area (Å²) in [7, 11) is 0. The van der Waals surface area contributed by atoms with E-state index >= 15 is 0 Å². The Labute approximate surface area is 81.4 Å². The van der Waals surface area contributed by atoms with E-state index in [9.17, 15) is 15.0 Å². The molecule has 0 aliphatic heterocycles. The van der Waals surface area contributed by atoms with Crippen molar-refractivity contribution in [3.05, 3.63) is 29.3 Å². The second-order valence-corrected chi connectivity index (χ2v) is 3.60. The summed E-state index contributed by atoms with van der Waals surface area (Å²) in [5.41, 5.74) is -0.785. The molecule has 0 aromatic heterocycles. The maximum absolute atomic E-state index is 10.6. The quantitative estimate of drug-likeness (QED) is 0.666. The van der Waals surface area contributed by atoms with Crippen LogP contribution in [0.25, 0.3) is 0 Å². The molecule has 76 valence electrons. The molecule has 1 rings (SSSR count). The third-order valence-corrected chi connectivity index (χ3v) is 1.93. The van der Waals surface area contributed by atoms with Gasteiger partial charge in [0.15, 0.2) is 0 Å². The highest BCUT2D eigenvalue weighted by molar-refractivity contribution is 5.90. The van der Waals surface area contributed by atoms with Gasteiger partial charge in [-0.3, -0.25) is 0 Å². The fraction of sp³-hybridized carbons (Fsp3) is 0.300. The van der Waals surface area contributed by atoms with Crippen molar-refractivity contribution in [1.82, 2.24) is 0 Å². The van der Waals surface area contributed by atoms with E-state index in [0.29, 0.717) is 5.56 Å². The Morgan fingerprint density at radius 3 is 2.29 bits per heavy atom. The molecule has 0 saturated heterocycles. The first kappa shape index (κ1) is 10.5. The summed E-state index contributed by atoms with van der Waals surface area (Å²) in [6, 6.07) is 4.00. The topological polar surface area (TPSA) is 77.8 Å². The van der Waals surface area contributed by atoms with Crippen LogP contribution in [0.4, 0.5) is 0 Å². The van der Waals surface area contributed by atoms with E-state index in [-0.39, 0.29) is 11.3 Å². The van der Waals surface area contributed by atoms with Crippen LogP contribution in [-0.4, -0.2) is 21.3 Å². The zero-order valence-electron chi connectivity index (χ0n) is 7.98. The molecule has 0 aliphatic rings. The van der Waals surface area contributed by atoms with Gasteiger partial charge in [-0.05, 0) is 31.5 Å². The van der Waals surface area contributed by atoms with E-state index in [1.807, 2.05) is 0 Å². The van der Waals surface area contributed by atoms with E-state index in [1.54, 1.807) is 13.8 Å². The molecule has 0 amide bonds. The van der Waals surface area contributed by atoms with Crippen molar-refractivity contribution in [2.24, 2.45) is 0 Å². The Kier molecular flexibility index (Phi) is 2.49. The standard InChI is InChI=1S/C10H12O4/c1-10(2,14)6-3-4-7(9(12)13)8(11)5-6/h3-5,11,14H,1-2H3,(H,12,13). The highest BCUT2D eigenvalue weighted by Gasteiger charge is 2.18. The number of carboxylic acid groups (broad SMARTS) is 1. The molecule has 0 heterocycles. The predicted octanol–water partition coefficient (Wildman–Crippen LogP) is 1.32. The summed E-state index contributed by atoms with van der Waals surface area (Å²) >= 11 is 0. The van der Waals surface area contributed by atoms with Crippen LogP contribution >= 0.6 is 0 Å². The lowest BCUT2D eigenvalue weighted by atomic mass is 9.97. The van der Waals surface area contributed by atoms with Gasteiger partial charge in [0.25, 0.3) is 0 Å². The van der Waals surface area contributed by atoms with Crippen molar-refractivity contribution in [1.29, 1.82) is 0 Å². The Bertz CT molecular complexity index is 363. The molecule has 0 bridgehead atoms. The number of rotatable bonds is 2. The largest absolute Gasteiger partial charge is 0.507 e. The minimum atomic E-state index is -1.19. The first-order chi connectivity index (χ1) is 6.32. The zero-order valence-corrected chi connectivity index (χ0v) is 7.98. The Morgan fingerprint density at radius 2 is 1.93 bits per heavy atom. The fourth-order valence-corrected chi connectivity index (χ4v) is 1.09. The van der Waals surface area contributed by atoms with E-state index in [1.165, 1.54) is 18.2 Å². The van der Waals surface area contributed by atoms with Crippen LogP contribution in [-0.2, 0) is 5.60 Å². The SMILES string of the molecule is CC(C)(O)c1ccc(C(=O)O)c(O)c1. The molecule has 0 atom stereocenters. The summed E-state index contributed by atoms with van der Waals surface area (Å²) in [5, 5.41) is 27.6. The number of aliphatic hydroxyl groups is 1. The summed E-state index contributed by atoms with van der Waals surface area (Å²) < 4.78 is 0. The van der Waals surface area contributed by atoms with Crippen molar-refractivity contribution in [2.75, 3.05) is 0 Å². The number of carbonyl (C=O) groups is 1.